The lowest BCUT2D eigenvalue weighted by molar-refractivity contribution is -0.129. The van der Waals surface area contributed by atoms with E-state index >= 15 is 0 Å². The number of rotatable bonds is 5. The number of likely N-dealkylation sites (N-methyl/N-ethyl adjacent to an activating group) is 1. The number of para-hydroxylation sites is 1. The zero-order valence-electron chi connectivity index (χ0n) is 14.4. The first kappa shape index (κ1) is 16.9. The van der Waals surface area contributed by atoms with Gasteiger partial charge in [-0.15, -0.1) is 22.7 Å². The number of benzene rings is 1. The fourth-order valence-electron chi connectivity index (χ4n) is 2.62. The summed E-state index contributed by atoms with van der Waals surface area (Å²) in [4.78, 5) is 23.3. The third-order valence-electron chi connectivity index (χ3n) is 3.97. The minimum Gasteiger partial charge on any atom is -0.459 e. The molecule has 0 bridgehead atoms. The van der Waals surface area contributed by atoms with Crippen molar-refractivity contribution in [2.75, 3.05) is 7.05 Å². The van der Waals surface area contributed by atoms with Crippen LogP contribution in [0.15, 0.2) is 46.2 Å². The lowest BCUT2D eigenvalue weighted by Crippen LogP contribution is -2.27. The average Bonchev–Trinajstić information content (AvgIpc) is 3.33. The SMILES string of the molecule is Cc1ccc(-c2nc(CC(=O)N(C)Cc3nc4ccccc4s3)cs2)o1. The number of fused-ring (bicyclic) bond motifs is 1. The molecule has 7 heteroatoms. The molecule has 4 rings (SSSR count). The van der Waals surface area contributed by atoms with Crippen LogP contribution in [0.1, 0.15) is 16.5 Å². The van der Waals surface area contributed by atoms with Gasteiger partial charge < -0.3 is 9.32 Å². The van der Waals surface area contributed by atoms with Crippen LogP contribution in [0, 0.1) is 6.92 Å². The van der Waals surface area contributed by atoms with Crippen molar-refractivity contribution in [3.63, 3.8) is 0 Å². The number of hydrogen-bond acceptors (Lipinski definition) is 6. The van der Waals surface area contributed by atoms with Crippen molar-refractivity contribution in [3.8, 4) is 10.8 Å². The predicted octanol–water partition coefficient (Wildman–Crippen LogP) is 4.52. The van der Waals surface area contributed by atoms with E-state index in [-0.39, 0.29) is 12.3 Å². The summed E-state index contributed by atoms with van der Waals surface area (Å²) in [6.07, 6.45) is 0.275. The molecule has 0 atom stereocenters. The van der Waals surface area contributed by atoms with E-state index in [4.69, 9.17) is 4.42 Å². The number of carbonyl (C=O) groups is 1. The van der Waals surface area contributed by atoms with Crippen LogP contribution in [0.4, 0.5) is 0 Å². The molecule has 0 saturated heterocycles. The van der Waals surface area contributed by atoms with E-state index in [9.17, 15) is 4.79 Å². The third-order valence-corrected chi connectivity index (χ3v) is 5.90. The van der Waals surface area contributed by atoms with E-state index in [1.807, 2.05) is 48.7 Å². The molecule has 0 radical (unpaired) electrons. The summed E-state index contributed by atoms with van der Waals surface area (Å²) < 4.78 is 6.73. The number of aromatic nitrogens is 2. The summed E-state index contributed by atoms with van der Waals surface area (Å²) in [5, 5.41) is 3.65. The highest BCUT2D eigenvalue weighted by Gasteiger charge is 2.16. The summed E-state index contributed by atoms with van der Waals surface area (Å²) in [5.41, 5.74) is 1.74. The number of amides is 1. The molecule has 1 aromatic carbocycles. The highest BCUT2D eigenvalue weighted by molar-refractivity contribution is 7.18. The maximum absolute atomic E-state index is 12.5. The number of carbonyl (C=O) groups excluding carboxylic acids is 1. The Bertz CT molecular complexity index is 1030. The van der Waals surface area contributed by atoms with Crippen molar-refractivity contribution in [1.82, 2.24) is 14.9 Å². The van der Waals surface area contributed by atoms with Crippen LogP contribution >= 0.6 is 22.7 Å². The van der Waals surface area contributed by atoms with Crippen molar-refractivity contribution < 1.29 is 9.21 Å². The van der Waals surface area contributed by atoms with E-state index in [2.05, 4.69) is 9.97 Å². The number of thiazole rings is 2. The van der Waals surface area contributed by atoms with Crippen LogP contribution in [0.2, 0.25) is 0 Å². The molecule has 0 aliphatic carbocycles. The number of aryl methyl sites for hydroxylation is 1. The predicted molar refractivity (Wildman–Crippen MR) is 104 cm³/mol. The Morgan fingerprint density at radius 3 is 2.81 bits per heavy atom. The summed E-state index contributed by atoms with van der Waals surface area (Å²) >= 11 is 3.11. The highest BCUT2D eigenvalue weighted by Crippen LogP contribution is 2.26. The first-order valence-corrected chi connectivity index (χ1v) is 9.88. The van der Waals surface area contributed by atoms with E-state index in [0.29, 0.717) is 6.54 Å². The molecule has 0 unspecified atom stereocenters. The Balaban J connectivity index is 1.41. The van der Waals surface area contributed by atoms with Gasteiger partial charge in [0.15, 0.2) is 10.8 Å². The quantitative estimate of drug-likeness (QED) is 0.508. The topological polar surface area (TPSA) is 59.2 Å². The fourth-order valence-corrected chi connectivity index (χ4v) is 4.42. The molecule has 0 saturated carbocycles. The molecule has 3 heterocycles. The van der Waals surface area contributed by atoms with Gasteiger partial charge in [-0.05, 0) is 31.2 Å². The maximum atomic E-state index is 12.5. The molecule has 26 heavy (non-hydrogen) atoms. The summed E-state index contributed by atoms with van der Waals surface area (Å²) in [6.45, 7) is 2.41. The van der Waals surface area contributed by atoms with Gasteiger partial charge in [-0.3, -0.25) is 4.79 Å². The molecule has 1 amide bonds. The van der Waals surface area contributed by atoms with Crippen LogP contribution < -0.4 is 0 Å². The average molecular weight is 383 g/mol. The normalized spacial score (nSPS) is 11.2. The van der Waals surface area contributed by atoms with Gasteiger partial charge >= 0.3 is 0 Å². The number of furan rings is 1. The van der Waals surface area contributed by atoms with E-state index in [1.54, 1.807) is 23.3 Å². The zero-order chi connectivity index (χ0) is 18.1. The smallest absolute Gasteiger partial charge is 0.228 e. The maximum Gasteiger partial charge on any atom is 0.228 e. The Morgan fingerprint density at radius 2 is 2.04 bits per heavy atom. The molecule has 132 valence electrons. The standard InChI is InChI=1S/C19H17N3O2S2/c1-12-7-8-15(24-12)19-20-13(11-25-19)9-18(23)22(2)10-17-21-14-5-3-4-6-16(14)26-17/h3-8,11H,9-10H2,1-2H3. The molecule has 0 fully saturated rings. The Labute approximate surface area is 158 Å². The second kappa shape index (κ2) is 7.01. The van der Waals surface area contributed by atoms with Crippen LogP contribution in [0.5, 0.6) is 0 Å². The first-order valence-electron chi connectivity index (χ1n) is 8.18. The van der Waals surface area contributed by atoms with Crippen molar-refractivity contribution in [1.29, 1.82) is 0 Å². The molecular weight excluding hydrogens is 366 g/mol. The van der Waals surface area contributed by atoms with Gasteiger partial charge in [0.05, 0.1) is 28.9 Å². The lowest BCUT2D eigenvalue weighted by Gasteiger charge is -2.14. The largest absolute Gasteiger partial charge is 0.459 e. The van der Waals surface area contributed by atoms with Crippen molar-refractivity contribution in [2.45, 2.75) is 19.9 Å². The van der Waals surface area contributed by atoms with Gasteiger partial charge in [0.2, 0.25) is 5.91 Å². The van der Waals surface area contributed by atoms with Crippen molar-refractivity contribution in [3.05, 3.63) is 58.2 Å². The molecule has 4 aromatic rings. The second-order valence-corrected chi connectivity index (χ2v) is 8.03. The van der Waals surface area contributed by atoms with Crippen LogP contribution in [0.25, 0.3) is 21.0 Å². The van der Waals surface area contributed by atoms with E-state index in [0.717, 1.165) is 37.4 Å². The molecule has 5 nitrogen and oxygen atoms in total. The summed E-state index contributed by atoms with van der Waals surface area (Å²) in [7, 11) is 1.80. The molecule has 0 N–H and O–H groups in total. The van der Waals surface area contributed by atoms with Crippen molar-refractivity contribution >= 4 is 38.8 Å². The molecule has 3 aromatic heterocycles. The minimum atomic E-state index is 0.0248. The van der Waals surface area contributed by atoms with Crippen LogP contribution in [-0.2, 0) is 17.8 Å². The Kier molecular flexibility index (Phi) is 4.57. The van der Waals surface area contributed by atoms with Crippen LogP contribution in [0.3, 0.4) is 0 Å². The number of hydrogen-bond donors (Lipinski definition) is 0. The van der Waals surface area contributed by atoms with Crippen molar-refractivity contribution in [2.24, 2.45) is 0 Å². The molecule has 0 aliphatic heterocycles. The minimum absolute atomic E-state index is 0.0248. The van der Waals surface area contributed by atoms with Gasteiger partial charge in [-0.2, -0.15) is 0 Å². The third kappa shape index (κ3) is 3.54. The lowest BCUT2D eigenvalue weighted by atomic mass is 10.3. The molecule has 0 spiro atoms. The van der Waals surface area contributed by atoms with Gasteiger partial charge in [0.25, 0.3) is 0 Å². The Morgan fingerprint density at radius 1 is 1.19 bits per heavy atom. The monoisotopic (exact) mass is 383 g/mol. The summed E-state index contributed by atoms with van der Waals surface area (Å²) in [6, 6.07) is 11.8. The van der Waals surface area contributed by atoms with Gasteiger partial charge in [-0.25, -0.2) is 9.97 Å². The highest BCUT2D eigenvalue weighted by atomic mass is 32.1. The first-order chi connectivity index (χ1) is 12.6. The second-order valence-electron chi connectivity index (χ2n) is 6.06. The zero-order valence-corrected chi connectivity index (χ0v) is 16.1. The Hall–Kier alpha value is -2.51. The van der Waals surface area contributed by atoms with Gasteiger partial charge in [0.1, 0.15) is 10.8 Å². The summed E-state index contributed by atoms with van der Waals surface area (Å²) in [5.74, 6) is 1.62. The van der Waals surface area contributed by atoms with Gasteiger partial charge in [-0.1, -0.05) is 12.1 Å². The fraction of sp³-hybridized carbons (Fsp3) is 0.211. The molecular formula is C19H17N3O2S2. The van der Waals surface area contributed by atoms with Crippen LogP contribution in [-0.4, -0.2) is 27.8 Å². The van der Waals surface area contributed by atoms with E-state index < -0.39 is 0 Å². The van der Waals surface area contributed by atoms with E-state index in [1.165, 1.54) is 11.3 Å². The van der Waals surface area contributed by atoms with Gasteiger partial charge in [0, 0.05) is 12.4 Å². The number of nitrogens with zero attached hydrogens (tertiary/aromatic N) is 3. The molecule has 0 aliphatic rings.